The summed E-state index contributed by atoms with van der Waals surface area (Å²) in [6.45, 7) is 3.31. The summed E-state index contributed by atoms with van der Waals surface area (Å²) in [4.78, 5) is 2.06. The predicted molar refractivity (Wildman–Crippen MR) is 102 cm³/mol. The minimum absolute atomic E-state index is 0.258. The van der Waals surface area contributed by atoms with Crippen LogP contribution >= 0.6 is 0 Å². The van der Waals surface area contributed by atoms with Crippen molar-refractivity contribution in [1.29, 1.82) is 0 Å². The van der Waals surface area contributed by atoms with Gasteiger partial charge in [-0.05, 0) is 42.4 Å². The number of nitrogens with zero attached hydrogens (tertiary/aromatic N) is 1. The van der Waals surface area contributed by atoms with Crippen molar-refractivity contribution in [3.8, 4) is 23.0 Å². The first-order valence-electron chi connectivity index (χ1n) is 9.39. The molecule has 0 spiro atoms. The number of hydrogen-bond acceptors (Lipinski definition) is 7. The fourth-order valence-corrected chi connectivity index (χ4v) is 3.32. The molecule has 1 atom stereocenters. The molecule has 0 saturated heterocycles. The highest BCUT2D eigenvalue weighted by Crippen LogP contribution is 2.33. The number of hydrogen-bond donors (Lipinski definition) is 1. The molecule has 7 heteroatoms. The highest BCUT2D eigenvalue weighted by Gasteiger charge is 2.15. The number of aliphatic hydroxyl groups excluding tert-OH is 1. The van der Waals surface area contributed by atoms with Gasteiger partial charge in [-0.1, -0.05) is 12.1 Å². The maximum absolute atomic E-state index is 10.3. The van der Waals surface area contributed by atoms with Crippen LogP contribution in [0.4, 0.5) is 0 Å². The molecule has 0 saturated carbocycles. The van der Waals surface area contributed by atoms with Crippen LogP contribution in [-0.4, -0.2) is 56.3 Å². The number of benzene rings is 2. The molecular formula is C21H25NO6. The average molecular weight is 387 g/mol. The lowest BCUT2D eigenvalue weighted by Crippen LogP contribution is -2.31. The highest BCUT2D eigenvalue weighted by molar-refractivity contribution is 5.44. The molecule has 1 N–H and O–H groups in total. The maximum Gasteiger partial charge on any atom is 0.231 e. The van der Waals surface area contributed by atoms with Crippen molar-refractivity contribution in [2.75, 3.05) is 40.2 Å². The van der Waals surface area contributed by atoms with Gasteiger partial charge in [0, 0.05) is 13.1 Å². The van der Waals surface area contributed by atoms with E-state index in [-0.39, 0.29) is 13.4 Å². The van der Waals surface area contributed by atoms with Crippen molar-refractivity contribution < 1.29 is 28.8 Å². The summed E-state index contributed by atoms with van der Waals surface area (Å²) < 4.78 is 27.5. The van der Waals surface area contributed by atoms with E-state index in [1.165, 1.54) is 0 Å². The predicted octanol–water partition coefficient (Wildman–Crippen LogP) is 2.20. The first-order valence-corrected chi connectivity index (χ1v) is 9.39. The van der Waals surface area contributed by atoms with Crippen LogP contribution in [0.5, 0.6) is 23.0 Å². The lowest BCUT2D eigenvalue weighted by molar-refractivity contribution is 0.0126. The SMILES string of the molecule is CN(Cc1ccc2c(c1)OCCO2)CC(O)COCc1ccc2c(c1)OCO2. The maximum atomic E-state index is 10.3. The van der Waals surface area contributed by atoms with Crippen LogP contribution in [0.15, 0.2) is 36.4 Å². The Morgan fingerprint density at radius 3 is 2.43 bits per heavy atom. The van der Waals surface area contributed by atoms with Gasteiger partial charge in [0.1, 0.15) is 13.2 Å². The van der Waals surface area contributed by atoms with Gasteiger partial charge in [-0.2, -0.15) is 0 Å². The zero-order valence-electron chi connectivity index (χ0n) is 15.9. The number of ether oxygens (including phenoxy) is 5. The van der Waals surface area contributed by atoms with Crippen molar-refractivity contribution in [2.24, 2.45) is 0 Å². The fourth-order valence-electron chi connectivity index (χ4n) is 3.32. The summed E-state index contributed by atoms with van der Waals surface area (Å²) in [5.74, 6) is 3.06. The molecule has 150 valence electrons. The third kappa shape index (κ3) is 4.67. The van der Waals surface area contributed by atoms with E-state index in [0.29, 0.717) is 32.9 Å². The van der Waals surface area contributed by atoms with Crippen molar-refractivity contribution >= 4 is 0 Å². The normalized spacial score (nSPS) is 15.7. The van der Waals surface area contributed by atoms with E-state index in [1.807, 2.05) is 43.4 Å². The van der Waals surface area contributed by atoms with E-state index in [2.05, 4.69) is 4.90 Å². The highest BCUT2D eigenvalue weighted by atomic mass is 16.7. The van der Waals surface area contributed by atoms with Crippen LogP contribution in [-0.2, 0) is 17.9 Å². The van der Waals surface area contributed by atoms with E-state index in [1.54, 1.807) is 0 Å². The van der Waals surface area contributed by atoms with Gasteiger partial charge < -0.3 is 28.8 Å². The topological polar surface area (TPSA) is 69.6 Å². The van der Waals surface area contributed by atoms with E-state index in [0.717, 1.165) is 34.1 Å². The summed E-state index contributed by atoms with van der Waals surface area (Å²) in [7, 11) is 1.97. The molecule has 0 aliphatic carbocycles. The fraction of sp³-hybridized carbons (Fsp3) is 0.429. The Hall–Kier alpha value is -2.48. The third-order valence-corrected chi connectivity index (χ3v) is 4.60. The molecule has 2 aliphatic heterocycles. The first-order chi connectivity index (χ1) is 13.7. The lowest BCUT2D eigenvalue weighted by atomic mass is 10.1. The Balaban J connectivity index is 1.20. The summed E-state index contributed by atoms with van der Waals surface area (Å²) in [5.41, 5.74) is 2.10. The molecule has 2 heterocycles. The molecular weight excluding hydrogens is 362 g/mol. The minimum Gasteiger partial charge on any atom is -0.486 e. The van der Waals surface area contributed by atoms with E-state index >= 15 is 0 Å². The van der Waals surface area contributed by atoms with Crippen LogP contribution in [0.1, 0.15) is 11.1 Å². The number of aliphatic hydroxyl groups is 1. The molecule has 7 nitrogen and oxygen atoms in total. The Kier molecular flexibility index (Phi) is 5.85. The quantitative estimate of drug-likeness (QED) is 0.745. The molecule has 0 aromatic heterocycles. The van der Waals surface area contributed by atoms with Crippen molar-refractivity contribution in [2.45, 2.75) is 19.3 Å². The van der Waals surface area contributed by atoms with E-state index < -0.39 is 6.10 Å². The minimum atomic E-state index is -0.573. The van der Waals surface area contributed by atoms with Crippen LogP contribution in [0.2, 0.25) is 0 Å². The van der Waals surface area contributed by atoms with E-state index in [4.69, 9.17) is 23.7 Å². The van der Waals surface area contributed by atoms with Crippen molar-refractivity contribution in [3.63, 3.8) is 0 Å². The van der Waals surface area contributed by atoms with Gasteiger partial charge in [-0.25, -0.2) is 0 Å². The summed E-state index contributed by atoms with van der Waals surface area (Å²) in [5, 5.41) is 10.3. The lowest BCUT2D eigenvalue weighted by Gasteiger charge is -2.22. The molecule has 0 fully saturated rings. The molecule has 2 aromatic rings. The summed E-state index contributed by atoms with van der Waals surface area (Å²) in [6.07, 6.45) is -0.573. The standard InChI is InChI=1S/C21H25NO6/c1-22(10-15-2-4-18-20(8-15)26-7-6-25-18)11-17(23)13-24-12-16-3-5-19-21(9-16)28-14-27-19/h2-5,8-9,17,23H,6-7,10-14H2,1H3. The van der Waals surface area contributed by atoms with Gasteiger partial charge in [-0.3, -0.25) is 4.90 Å². The molecule has 0 amide bonds. The number of likely N-dealkylation sites (N-methyl/N-ethyl adjacent to an activating group) is 1. The van der Waals surface area contributed by atoms with Crippen molar-refractivity contribution in [1.82, 2.24) is 4.90 Å². The molecule has 28 heavy (non-hydrogen) atoms. The molecule has 2 aliphatic rings. The van der Waals surface area contributed by atoms with Crippen LogP contribution in [0.25, 0.3) is 0 Å². The summed E-state index contributed by atoms with van der Waals surface area (Å²) in [6, 6.07) is 11.7. The average Bonchev–Trinajstić information content (AvgIpc) is 3.15. The first kappa shape index (κ1) is 18.9. The Morgan fingerprint density at radius 1 is 0.929 bits per heavy atom. The second kappa shape index (κ2) is 8.68. The second-order valence-corrected chi connectivity index (χ2v) is 7.03. The van der Waals surface area contributed by atoms with Gasteiger partial charge in [0.25, 0.3) is 0 Å². The van der Waals surface area contributed by atoms with Crippen LogP contribution < -0.4 is 18.9 Å². The number of rotatable bonds is 8. The largest absolute Gasteiger partial charge is 0.486 e. The second-order valence-electron chi connectivity index (χ2n) is 7.03. The Bertz CT molecular complexity index is 811. The van der Waals surface area contributed by atoms with E-state index in [9.17, 15) is 5.11 Å². The monoisotopic (exact) mass is 387 g/mol. The van der Waals surface area contributed by atoms with Gasteiger partial charge in [0.2, 0.25) is 6.79 Å². The molecule has 2 aromatic carbocycles. The smallest absolute Gasteiger partial charge is 0.231 e. The van der Waals surface area contributed by atoms with Crippen molar-refractivity contribution in [3.05, 3.63) is 47.5 Å². The van der Waals surface area contributed by atoms with Gasteiger partial charge in [0.05, 0.1) is 19.3 Å². The molecule has 1 unspecified atom stereocenters. The van der Waals surface area contributed by atoms with Crippen LogP contribution in [0, 0.1) is 0 Å². The van der Waals surface area contributed by atoms with Gasteiger partial charge >= 0.3 is 0 Å². The van der Waals surface area contributed by atoms with Gasteiger partial charge in [-0.15, -0.1) is 0 Å². The molecule has 0 radical (unpaired) electrons. The van der Waals surface area contributed by atoms with Crippen LogP contribution in [0.3, 0.4) is 0 Å². The zero-order chi connectivity index (χ0) is 19.3. The third-order valence-electron chi connectivity index (χ3n) is 4.60. The number of fused-ring (bicyclic) bond motifs is 2. The summed E-state index contributed by atoms with van der Waals surface area (Å²) >= 11 is 0. The molecule has 4 rings (SSSR count). The Labute approximate surface area is 164 Å². The molecule has 0 bridgehead atoms. The van der Waals surface area contributed by atoms with Gasteiger partial charge in [0.15, 0.2) is 23.0 Å². The Morgan fingerprint density at radius 2 is 1.57 bits per heavy atom. The zero-order valence-corrected chi connectivity index (χ0v) is 15.9.